The molecule has 4 unspecified atom stereocenters. The first kappa shape index (κ1) is 17.5. The normalized spacial score (nSPS) is 26.7. The van der Waals surface area contributed by atoms with Crippen LogP contribution in [0.25, 0.3) is 0 Å². The van der Waals surface area contributed by atoms with Crippen molar-refractivity contribution in [2.24, 2.45) is 23.7 Å². The van der Waals surface area contributed by atoms with Gasteiger partial charge in [0.15, 0.2) is 0 Å². The van der Waals surface area contributed by atoms with Gasteiger partial charge >= 0.3 is 6.03 Å². The van der Waals surface area contributed by atoms with Gasteiger partial charge in [-0.25, -0.2) is 4.79 Å². The number of imide groups is 1. The summed E-state index contributed by atoms with van der Waals surface area (Å²) >= 11 is 0. The summed E-state index contributed by atoms with van der Waals surface area (Å²) in [5.74, 6) is -0.419. The van der Waals surface area contributed by atoms with Crippen molar-refractivity contribution in [2.75, 3.05) is 15.5 Å². The second kappa shape index (κ2) is 6.48. The summed E-state index contributed by atoms with van der Waals surface area (Å²) in [5, 5.41) is 14.9. The molecule has 0 spiro atoms. The Balaban J connectivity index is 1.29. The number of nitrogens with zero attached hydrogens (tertiary/aromatic N) is 1. The van der Waals surface area contributed by atoms with Gasteiger partial charge in [-0.2, -0.15) is 0 Å². The molecule has 2 bridgehead atoms. The Bertz CT molecular complexity index is 1020. The molecule has 7 nitrogen and oxygen atoms in total. The Kier molecular flexibility index (Phi) is 3.91. The third-order valence-electron chi connectivity index (χ3n) is 6.01. The zero-order valence-corrected chi connectivity index (χ0v) is 15.4. The Morgan fingerprint density at radius 3 is 2.14 bits per heavy atom. The van der Waals surface area contributed by atoms with Gasteiger partial charge in [0, 0.05) is 5.69 Å². The maximum atomic E-state index is 12.9. The number of fused-ring (bicyclic) bond motifs is 5. The molecule has 4 atom stereocenters. The number of hydrogen-bond donors (Lipinski definition) is 3. The topological polar surface area (TPSA) is 98.7 Å². The van der Waals surface area contributed by atoms with Gasteiger partial charge in [-0.15, -0.1) is 0 Å². The number of urea groups is 1. The Morgan fingerprint density at radius 2 is 1.52 bits per heavy atom. The first-order valence-electron chi connectivity index (χ1n) is 9.55. The molecule has 29 heavy (non-hydrogen) atoms. The van der Waals surface area contributed by atoms with E-state index in [2.05, 4.69) is 22.8 Å². The number of amides is 4. The highest BCUT2D eigenvalue weighted by atomic mass is 16.3. The zero-order valence-electron chi connectivity index (χ0n) is 15.4. The number of anilines is 3. The lowest BCUT2D eigenvalue weighted by atomic mass is 9.85. The summed E-state index contributed by atoms with van der Waals surface area (Å²) in [6.45, 7) is 0. The standard InChI is InChI=1S/C22H19N3O4/c26-17-4-2-1-3-16(17)24-22(29)23-14-7-9-15(10-8-14)25-20(27)18-12-5-6-13(11-12)19(18)21(25)28/h1-10,12-13,18-19,26H,11H2,(H2,23,24,29). The number of para-hydroxylation sites is 2. The van der Waals surface area contributed by atoms with Crippen LogP contribution in [0.3, 0.4) is 0 Å². The summed E-state index contributed by atoms with van der Waals surface area (Å²) in [6, 6.07) is 12.5. The third-order valence-corrected chi connectivity index (χ3v) is 6.01. The van der Waals surface area contributed by atoms with E-state index in [-0.39, 0.29) is 41.2 Å². The molecule has 3 aliphatic rings. The molecule has 4 amide bonds. The summed E-state index contributed by atoms with van der Waals surface area (Å²) in [4.78, 5) is 39.1. The molecule has 2 aromatic carbocycles. The van der Waals surface area contributed by atoms with Gasteiger partial charge in [0.05, 0.1) is 23.2 Å². The number of nitrogens with one attached hydrogen (secondary N) is 2. The van der Waals surface area contributed by atoms with Crippen molar-refractivity contribution < 1.29 is 19.5 Å². The van der Waals surface area contributed by atoms with Crippen LogP contribution in [-0.4, -0.2) is 23.0 Å². The number of benzene rings is 2. The van der Waals surface area contributed by atoms with Crippen molar-refractivity contribution in [1.29, 1.82) is 0 Å². The van der Waals surface area contributed by atoms with Crippen LogP contribution in [0.4, 0.5) is 21.9 Å². The van der Waals surface area contributed by atoms with Crippen molar-refractivity contribution in [3.63, 3.8) is 0 Å². The van der Waals surface area contributed by atoms with Gasteiger partial charge in [0.2, 0.25) is 11.8 Å². The molecule has 1 heterocycles. The number of hydrogen-bond acceptors (Lipinski definition) is 4. The Morgan fingerprint density at radius 1 is 0.897 bits per heavy atom. The fraction of sp³-hybridized carbons (Fsp3) is 0.227. The molecule has 2 aromatic rings. The van der Waals surface area contributed by atoms with Gasteiger partial charge in [0.1, 0.15) is 5.75 Å². The summed E-state index contributed by atoms with van der Waals surface area (Å²) in [6.07, 6.45) is 5.03. The predicted octanol–water partition coefficient (Wildman–Crippen LogP) is 3.35. The first-order valence-corrected chi connectivity index (χ1v) is 9.55. The average Bonchev–Trinajstić information content (AvgIpc) is 3.38. The Labute approximate surface area is 167 Å². The fourth-order valence-electron chi connectivity index (χ4n) is 4.71. The first-order chi connectivity index (χ1) is 14.0. The second-order valence-electron chi connectivity index (χ2n) is 7.65. The number of allylic oxidation sites excluding steroid dienone is 2. The molecular weight excluding hydrogens is 370 g/mol. The quantitative estimate of drug-likeness (QED) is 0.426. The van der Waals surface area contributed by atoms with E-state index < -0.39 is 6.03 Å². The van der Waals surface area contributed by atoms with Crippen molar-refractivity contribution in [3.8, 4) is 5.75 Å². The van der Waals surface area contributed by atoms with Crippen LogP contribution in [0.1, 0.15) is 6.42 Å². The Hall–Kier alpha value is -3.61. The molecule has 1 saturated carbocycles. The van der Waals surface area contributed by atoms with Crippen molar-refractivity contribution in [3.05, 3.63) is 60.7 Å². The largest absolute Gasteiger partial charge is 0.506 e. The summed E-state index contributed by atoms with van der Waals surface area (Å²) in [7, 11) is 0. The van der Waals surface area contributed by atoms with Crippen LogP contribution in [-0.2, 0) is 9.59 Å². The molecule has 0 radical (unpaired) electrons. The molecule has 5 rings (SSSR count). The van der Waals surface area contributed by atoms with Crippen molar-refractivity contribution in [2.45, 2.75) is 6.42 Å². The molecule has 1 aliphatic heterocycles. The van der Waals surface area contributed by atoms with E-state index in [4.69, 9.17) is 0 Å². The minimum atomic E-state index is -0.509. The monoisotopic (exact) mass is 389 g/mol. The van der Waals surface area contributed by atoms with Gasteiger partial charge < -0.3 is 15.7 Å². The maximum absolute atomic E-state index is 12.9. The van der Waals surface area contributed by atoms with E-state index in [0.717, 1.165) is 6.42 Å². The third kappa shape index (κ3) is 2.77. The molecule has 2 fully saturated rings. The zero-order chi connectivity index (χ0) is 20.1. The highest BCUT2D eigenvalue weighted by molar-refractivity contribution is 6.22. The molecule has 3 N–H and O–H groups in total. The molecular formula is C22H19N3O4. The average molecular weight is 389 g/mol. The molecule has 2 aliphatic carbocycles. The SMILES string of the molecule is O=C(Nc1ccc(N2C(=O)C3C4C=CC(C4)C3C2=O)cc1)Nc1ccccc1O. The van der Waals surface area contributed by atoms with Gasteiger partial charge in [-0.05, 0) is 54.7 Å². The number of carbonyl (C=O) groups is 3. The number of rotatable bonds is 3. The number of aromatic hydroxyl groups is 1. The lowest BCUT2D eigenvalue weighted by Crippen LogP contribution is -2.32. The van der Waals surface area contributed by atoms with E-state index in [1.807, 2.05) is 0 Å². The minimum Gasteiger partial charge on any atom is -0.506 e. The van der Waals surface area contributed by atoms with Crippen molar-refractivity contribution in [1.82, 2.24) is 0 Å². The smallest absolute Gasteiger partial charge is 0.323 e. The van der Waals surface area contributed by atoms with Crippen LogP contribution >= 0.6 is 0 Å². The van der Waals surface area contributed by atoms with E-state index >= 15 is 0 Å². The summed E-state index contributed by atoms with van der Waals surface area (Å²) in [5.41, 5.74) is 1.31. The fourth-order valence-corrected chi connectivity index (χ4v) is 4.71. The minimum absolute atomic E-state index is 0.0296. The lowest BCUT2D eigenvalue weighted by molar-refractivity contribution is -0.123. The number of phenolic OH excluding ortho intramolecular Hbond substituents is 1. The molecule has 0 aromatic heterocycles. The van der Waals surface area contributed by atoms with E-state index in [9.17, 15) is 19.5 Å². The van der Waals surface area contributed by atoms with Crippen LogP contribution < -0.4 is 15.5 Å². The van der Waals surface area contributed by atoms with Crippen LogP contribution in [0.15, 0.2) is 60.7 Å². The van der Waals surface area contributed by atoms with Crippen LogP contribution in [0.5, 0.6) is 5.75 Å². The van der Waals surface area contributed by atoms with E-state index in [1.54, 1.807) is 42.5 Å². The number of phenols is 1. The second-order valence-corrected chi connectivity index (χ2v) is 7.65. The van der Waals surface area contributed by atoms with Gasteiger partial charge in [-0.3, -0.25) is 14.5 Å². The number of carbonyl (C=O) groups excluding carboxylic acids is 3. The van der Waals surface area contributed by atoms with Crippen LogP contribution in [0.2, 0.25) is 0 Å². The molecule has 1 saturated heterocycles. The lowest BCUT2D eigenvalue weighted by Gasteiger charge is -2.17. The van der Waals surface area contributed by atoms with Crippen LogP contribution in [0, 0.1) is 23.7 Å². The van der Waals surface area contributed by atoms with E-state index in [1.165, 1.54) is 11.0 Å². The highest BCUT2D eigenvalue weighted by Crippen LogP contribution is 2.53. The van der Waals surface area contributed by atoms with Gasteiger partial charge in [-0.1, -0.05) is 24.3 Å². The predicted molar refractivity (Wildman–Crippen MR) is 107 cm³/mol. The van der Waals surface area contributed by atoms with Gasteiger partial charge in [0.25, 0.3) is 0 Å². The molecule has 7 heteroatoms. The highest BCUT2D eigenvalue weighted by Gasteiger charge is 2.59. The van der Waals surface area contributed by atoms with E-state index in [0.29, 0.717) is 17.1 Å². The molecule has 146 valence electrons. The summed E-state index contributed by atoms with van der Waals surface area (Å²) < 4.78 is 0. The van der Waals surface area contributed by atoms with Crippen molar-refractivity contribution >= 4 is 34.9 Å². The maximum Gasteiger partial charge on any atom is 0.323 e.